The maximum Gasteiger partial charge on any atom is 0.185 e. The third-order valence-electron chi connectivity index (χ3n) is 2.69. The summed E-state index contributed by atoms with van der Waals surface area (Å²) in [4.78, 5) is 0. The van der Waals surface area contributed by atoms with Crippen LogP contribution in [-0.4, -0.2) is 14.4 Å². The normalized spacial score (nSPS) is 21.6. The minimum Gasteiger partial charge on any atom is -0.402 e. The molecule has 1 aliphatic carbocycles. The molecule has 1 atom stereocenters. The van der Waals surface area contributed by atoms with E-state index in [1.165, 1.54) is 32.1 Å². The molecule has 0 unspecified atom stereocenters. The van der Waals surface area contributed by atoms with E-state index < -0.39 is 8.32 Å². The van der Waals surface area contributed by atoms with E-state index in [1.807, 2.05) is 0 Å². The van der Waals surface area contributed by atoms with Crippen LogP contribution in [0.15, 0.2) is 0 Å². The summed E-state index contributed by atoms with van der Waals surface area (Å²) in [5.74, 6) is 0.500. The Kier molecular flexibility index (Phi) is 4.15. The van der Waals surface area contributed by atoms with Gasteiger partial charge in [0.2, 0.25) is 0 Å². The van der Waals surface area contributed by atoms with Gasteiger partial charge in [-0.25, -0.2) is 0 Å². The van der Waals surface area contributed by atoms with Crippen LogP contribution < -0.4 is 0 Å². The third kappa shape index (κ3) is 3.81. The standard InChI is InChI=1S/C11H21NOSi/c1-14(2,3)13-11(9-12)10-7-5-4-6-8-10/h10-11H,4-8H2,1-3H3/t11-/m0/s1. The lowest BCUT2D eigenvalue weighted by Crippen LogP contribution is -2.36. The first-order chi connectivity index (χ1) is 6.53. The molecule has 0 aromatic rings. The quantitative estimate of drug-likeness (QED) is 0.671. The van der Waals surface area contributed by atoms with Gasteiger partial charge < -0.3 is 4.43 Å². The molecule has 14 heavy (non-hydrogen) atoms. The Morgan fingerprint density at radius 2 is 1.79 bits per heavy atom. The second-order valence-corrected chi connectivity index (χ2v) is 9.64. The monoisotopic (exact) mass is 211 g/mol. The lowest BCUT2D eigenvalue weighted by Gasteiger charge is -2.30. The zero-order valence-electron chi connectivity index (χ0n) is 9.55. The first kappa shape index (κ1) is 11.7. The minimum atomic E-state index is -1.55. The number of hydrogen-bond acceptors (Lipinski definition) is 2. The minimum absolute atomic E-state index is 0.137. The summed E-state index contributed by atoms with van der Waals surface area (Å²) in [5.41, 5.74) is 0. The molecule has 0 aliphatic heterocycles. The van der Waals surface area contributed by atoms with E-state index >= 15 is 0 Å². The molecular formula is C11H21NOSi. The van der Waals surface area contributed by atoms with Crippen LogP contribution in [-0.2, 0) is 4.43 Å². The molecule has 80 valence electrons. The van der Waals surface area contributed by atoms with Crippen molar-refractivity contribution in [2.24, 2.45) is 5.92 Å². The maximum atomic E-state index is 9.09. The Morgan fingerprint density at radius 3 is 2.21 bits per heavy atom. The molecule has 0 saturated heterocycles. The van der Waals surface area contributed by atoms with Gasteiger partial charge in [0.15, 0.2) is 8.32 Å². The van der Waals surface area contributed by atoms with Crippen molar-refractivity contribution in [1.82, 2.24) is 0 Å². The first-order valence-electron chi connectivity index (χ1n) is 5.60. The Hall–Kier alpha value is -0.333. The van der Waals surface area contributed by atoms with Crippen LogP contribution in [0.25, 0.3) is 0 Å². The van der Waals surface area contributed by atoms with E-state index in [2.05, 4.69) is 25.7 Å². The summed E-state index contributed by atoms with van der Waals surface area (Å²) < 4.78 is 5.90. The Labute approximate surface area is 88.4 Å². The molecule has 1 saturated carbocycles. The Bertz CT molecular complexity index is 210. The van der Waals surface area contributed by atoms with E-state index in [0.29, 0.717) is 5.92 Å². The van der Waals surface area contributed by atoms with Gasteiger partial charge in [0.25, 0.3) is 0 Å². The summed E-state index contributed by atoms with van der Waals surface area (Å²) in [7, 11) is -1.55. The number of nitrogens with zero attached hydrogens (tertiary/aromatic N) is 1. The fraction of sp³-hybridized carbons (Fsp3) is 0.909. The molecule has 0 heterocycles. The highest BCUT2D eigenvalue weighted by atomic mass is 28.4. The van der Waals surface area contributed by atoms with Gasteiger partial charge in [-0.05, 0) is 38.4 Å². The van der Waals surface area contributed by atoms with Crippen LogP contribution in [0.3, 0.4) is 0 Å². The highest BCUT2D eigenvalue weighted by Crippen LogP contribution is 2.29. The Morgan fingerprint density at radius 1 is 1.21 bits per heavy atom. The predicted octanol–water partition coefficient (Wildman–Crippen LogP) is 3.31. The van der Waals surface area contributed by atoms with Crippen LogP contribution in [0.2, 0.25) is 19.6 Å². The SMILES string of the molecule is C[Si](C)(C)O[C@@H](C#N)C1CCCCC1. The van der Waals surface area contributed by atoms with E-state index in [-0.39, 0.29) is 6.10 Å². The summed E-state index contributed by atoms with van der Waals surface area (Å²) >= 11 is 0. The van der Waals surface area contributed by atoms with Crippen molar-refractivity contribution in [1.29, 1.82) is 5.26 Å². The van der Waals surface area contributed by atoms with Crippen molar-refractivity contribution in [3.63, 3.8) is 0 Å². The lowest BCUT2D eigenvalue weighted by atomic mass is 9.86. The third-order valence-corrected chi connectivity index (χ3v) is 3.65. The molecule has 0 N–H and O–H groups in total. The molecule has 1 rings (SSSR count). The summed E-state index contributed by atoms with van der Waals surface area (Å²) in [6.45, 7) is 6.46. The van der Waals surface area contributed by atoms with Gasteiger partial charge in [-0.2, -0.15) is 5.26 Å². The fourth-order valence-electron chi connectivity index (χ4n) is 2.05. The van der Waals surface area contributed by atoms with E-state index in [1.54, 1.807) is 0 Å². The average molecular weight is 211 g/mol. The van der Waals surface area contributed by atoms with Crippen LogP contribution >= 0.6 is 0 Å². The zero-order chi connectivity index (χ0) is 10.6. The van der Waals surface area contributed by atoms with Crippen molar-refractivity contribution < 1.29 is 4.43 Å². The maximum absolute atomic E-state index is 9.09. The highest BCUT2D eigenvalue weighted by molar-refractivity contribution is 6.69. The predicted molar refractivity (Wildman–Crippen MR) is 60.4 cm³/mol. The van der Waals surface area contributed by atoms with Crippen LogP contribution in [0.4, 0.5) is 0 Å². The summed E-state index contributed by atoms with van der Waals surface area (Å²) in [6, 6.07) is 2.34. The zero-order valence-corrected chi connectivity index (χ0v) is 10.5. The van der Waals surface area contributed by atoms with Gasteiger partial charge in [-0.1, -0.05) is 19.3 Å². The smallest absolute Gasteiger partial charge is 0.185 e. The average Bonchev–Trinajstić information content (AvgIpc) is 2.14. The molecule has 0 radical (unpaired) electrons. The number of rotatable bonds is 3. The van der Waals surface area contributed by atoms with Crippen molar-refractivity contribution in [2.75, 3.05) is 0 Å². The van der Waals surface area contributed by atoms with Gasteiger partial charge >= 0.3 is 0 Å². The second-order valence-electron chi connectivity index (χ2n) is 5.18. The highest BCUT2D eigenvalue weighted by Gasteiger charge is 2.28. The van der Waals surface area contributed by atoms with Gasteiger partial charge in [0.05, 0.1) is 6.07 Å². The summed E-state index contributed by atoms with van der Waals surface area (Å²) in [6.07, 6.45) is 6.12. The van der Waals surface area contributed by atoms with Gasteiger partial charge in [0.1, 0.15) is 6.10 Å². The molecule has 1 fully saturated rings. The lowest BCUT2D eigenvalue weighted by molar-refractivity contribution is 0.146. The molecule has 0 spiro atoms. The number of hydrogen-bond donors (Lipinski definition) is 0. The van der Waals surface area contributed by atoms with Crippen molar-refractivity contribution in [3.05, 3.63) is 0 Å². The number of nitriles is 1. The van der Waals surface area contributed by atoms with Crippen LogP contribution in [0.5, 0.6) is 0 Å². The largest absolute Gasteiger partial charge is 0.402 e. The molecule has 1 aliphatic rings. The van der Waals surface area contributed by atoms with Crippen molar-refractivity contribution in [3.8, 4) is 6.07 Å². The van der Waals surface area contributed by atoms with Gasteiger partial charge in [0, 0.05) is 0 Å². The molecule has 0 amide bonds. The molecule has 0 aromatic carbocycles. The molecule has 3 heteroatoms. The van der Waals surface area contributed by atoms with E-state index in [4.69, 9.17) is 9.69 Å². The van der Waals surface area contributed by atoms with Crippen molar-refractivity contribution in [2.45, 2.75) is 57.8 Å². The molecule has 0 bridgehead atoms. The molecule has 0 aromatic heterocycles. The molecule has 2 nitrogen and oxygen atoms in total. The first-order valence-corrected chi connectivity index (χ1v) is 9.01. The molecular weight excluding hydrogens is 190 g/mol. The van der Waals surface area contributed by atoms with Crippen molar-refractivity contribution >= 4 is 8.32 Å². The topological polar surface area (TPSA) is 33.0 Å². The second kappa shape index (κ2) is 4.95. The van der Waals surface area contributed by atoms with Gasteiger partial charge in [-0.3, -0.25) is 0 Å². The van der Waals surface area contributed by atoms with Crippen LogP contribution in [0, 0.1) is 17.2 Å². The van der Waals surface area contributed by atoms with E-state index in [0.717, 1.165) is 0 Å². The fourth-order valence-corrected chi connectivity index (χ4v) is 3.05. The van der Waals surface area contributed by atoms with E-state index in [9.17, 15) is 0 Å². The Balaban J connectivity index is 2.49. The van der Waals surface area contributed by atoms with Crippen LogP contribution in [0.1, 0.15) is 32.1 Å². The van der Waals surface area contributed by atoms with Gasteiger partial charge in [-0.15, -0.1) is 0 Å². The summed E-state index contributed by atoms with van der Waals surface area (Å²) in [5, 5.41) is 9.09.